The summed E-state index contributed by atoms with van der Waals surface area (Å²) in [4.78, 5) is 26.9. The number of carbonyl (C=O) groups excluding carboxylic acids is 1. The van der Waals surface area contributed by atoms with Gasteiger partial charge >= 0.3 is 6.03 Å². The van der Waals surface area contributed by atoms with Gasteiger partial charge in [-0.1, -0.05) is 29.8 Å². The van der Waals surface area contributed by atoms with Crippen LogP contribution in [0.15, 0.2) is 42.5 Å². The number of amides is 2. The molecule has 1 fully saturated rings. The van der Waals surface area contributed by atoms with Crippen LogP contribution in [0.1, 0.15) is 33.8 Å². The summed E-state index contributed by atoms with van der Waals surface area (Å²) in [6, 6.07) is 12.4. The number of benzene rings is 2. The third kappa shape index (κ3) is 5.27. The van der Waals surface area contributed by atoms with Crippen molar-refractivity contribution >= 4 is 17.5 Å². The van der Waals surface area contributed by atoms with E-state index in [2.05, 4.69) is 16.3 Å². The van der Waals surface area contributed by atoms with Crippen molar-refractivity contribution in [2.75, 3.05) is 43.1 Å². The summed E-state index contributed by atoms with van der Waals surface area (Å²) in [7, 11) is 0. The largest absolute Gasteiger partial charge is 0.378 e. The number of rotatable bonds is 4. The fourth-order valence-corrected chi connectivity index (χ4v) is 4.71. The number of hydrogen-bond donors (Lipinski definition) is 1. The minimum absolute atomic E-state index is 0.126. The van der Waals surface area contributed by atoms with E-state index >= 15 is 0 Å². The first-order valence-corrected chi connectivity index (χ1v) is 12.1. The Morgan fingerprint density at radius 1 is 1.09 bits per heavy atom. The molecule has 2 aliphatic rings. The number of morpholine rings is 1. The van der Waals surface area contributed by atoms with Crippen LogP contribution < -0.4 is 10.2 Å². The molecule has 2 amide bonds. The molecule has 0 aliphatic carbocycles. The summed E-state index contributed by atoms with van der Waals surface area (Å²) >= 11 is 0. The molecule has 182 valence electrons. The van der Waals surface area contributed by atoms with Crippen LogP contribution in [0.4, 0.5) is 20.7 Å². The highest BCUT2D eigenvalue weighted by Gasteiger charge is 2.28. The van der Waals surface area contributed by atoms with Crippen molar-refractivity contribution in [2.45, 2.75) is 33.2 Å². The van der Waals surface area contributed by atoms with Gasteiger partial charge in [-0.3, -0.25) is 0 Å². The Hall–Kier alpha value is -3.52. The number of ether oxygens (including phenoxy) is 1. The Balaban J connectivity index is 1.41. The molecule has 1 saturated heterocycles. The minimum atomic E-state index is -0.265. The van der Waals surface area contributed by atoms with Crippen LogP contribution in [0.5, 0.6) is 0 Å². The van der Waals surface area contributed by atoms with Crippen LogP contribution in [-0.2, 0) is 24.1 Å². The molecule has 2 aliphatic heterocycles. The lowest BCUT2D eigenvalue weighted by atomic mass is 10.0. The molecule has 0 atom stereocenters. The quantitative estimate of drug-likeness (QED) is 0.611. The molecule has 0 bridgehead atoms. The fourth-order valence-electron chi connectivity index (χ4n) is 4.71. The van der Waals surface area contributed by atoms with E-state index in [0.717, 1.165) is 52.5 Å². The monoisotopic (exact) mass is 475 g/mol. The lowest BCUT2D eigenvalue weighted by Crippen LogP contribution is -2.42. The predicted octanol–water partition coefficient (Wildman–Crippen LogP) is 4.25. The molecule has 1 N–H and O–H groups in total. The number of aromatic nitrogens is 2. The van der Waals surface area contributed by atoms with E-state index in [4.69, 9.17) is 14.7 Å². The zero-order valence-electron chi connectivity index (χ0n) is 20.2. The van der Waals surface area contributed by atoms with Gasteiger partial charge in [-0.15, -0.1) is 0 Å². The summed E-state index contributed by atoms with van der Waals surface area (Å²) in [6.45, 7) is 7.79. The molecule has 5 rings (SSSR count). The number of carbonyl (C=O) groups is 1. The molecule has 35 heavy (non-hydrogen) atoms. The Kier molecular flexibility index (Phi) is 6.63. The molecule has 0 unspecified atom stereocenters. The van der Waals surface area contributed by atoms with Crippen molar-refractivity contribution in [3.8, 4) is 0 Å². The number of hydrogen-bond acceptors (Lipinski definition) is 5. The second kappa shape index (κ2) is 10.00. The molecule has 0 spiro atoms. The van der Waals surface area contributed by atoms with Gasteiger partial charge in [0.25, 0.3) is 0 Å². The van der Waals surface area contributed by atoms with Crippen LogP contribution in [-0.4, -0.2) is 53.7 Å². The van der Waals surface area contributed by atoms with Crippen LogP contribution in [0, 0.1) is 19.7 Å². The van der Waals surface area contributed by atoms with Crippen molar-refractivity contribution in [1.82, 2.24) is 14.9 Å². The van der Waals surface area contributed by atoms with Gasteiger partial charge in [0.2, 0.25) is 0 Å². The van der Waals surface area contributed by atoms with Gasteiger partial charge in [0, 0.05) is 43.7 Å². The van der Waals surface area contributed by atoms with Crippen molar-refractivity contribution in [2.24, 2.45) is 0 Å². The fraction of sp³-hybridized carbons (Fsp3) is 0.370. The van der Waals surface area contributed by atoms with E-state index in [1.54, 1.807) is 6.07 Å². The average molecular weight is 476 g/mol. The lowest BCUT2D eigenvalue weighted by molar-refractivity contribution is 0.122. The Morgan fingerprint density at radius 3 is 2.69 bits per heavy atom. The molecule has 2 aromatic carbocycles. The molecular formula is C27H30FN5O2. The number of urea groups is 1. The number of anilines is 2. The van der Waals surface area contributed by atoms with Gasteiger partial charge in [-0.05, 0) is 43.2 Å². The second-order valence-electron chi connectivity index (χ2n) is 9.21. The van der Waals surface area contributed by atoms with Crippen molar-refractivity contribution in [3.05, 3.63) is 82.1 Å². The first kappa shape index (κ1) is 23.2. The van der Waals surface area contributed by atoms with Crippen LogP contribution in [0.3, 0.4) is 0 Å². The first-order valence-electron chi connectivity index (χ1n) is 12.1. The highest BCUT2D eigenvalue weighted by Crippen LogP contribution is 2.29. The molecule has 3 heterocycles. The van der Waals surface area contributed by atoms with Gasteiger partial charge in [-0.2, -0.15) is 0 Å². The van der Waals surface area contributed by atoms with Crippen LogP contribution in [0.2, 0.25) is 0 Å². The van der Waals surface area contributed by atoms with Gasteiger partial charge in [0.1, 0.15) is 17.5 Å². The van der Waals surface area contributed by atoms with Crippen LogP contribution >= 0.6 is 0 Å². The topological polar surface area (TPSA) is 70.6 Å². The van der Waals surface area contributed by atoms with Crippen molar-refractivity contribution < 1.29 is 13.9 Å². The molecule has 7 nitrogen and oxygen atoms in total. The SMILES string of the molecule is Cc1ccc(NC(=O)N2CCc3nc(Cc4cccc(F)c4)nc(N4CCOCC4)c3C2)c(C)c1. The third-order valence-corrected chi connectivity index (χ3v) is 6.56. The van der Waals surface area contributed by atoms with Gasteiger partial charge < -0.3 is 19.9 Å². The summed E-state index contributed by atoms with van der Waals surface area (Å²) in [5.41, 5.74) is 5.80. The van der Waals surface area contributed by atoms with E-state index < -0.39 is 0 Å². The minimum Gasteiger partial charge on any atom is -0.378 e. The lowest BCUT2D eigenvalue weighted by Gasteiger charge is -2.34. The van der Waals surface area contributed by atoms with E-state index in [1.807, 2.05) is 36.9 Å². The second-order valence-corrected chi connectivity index (χ2v) is 9.21. The molecular weight excluding hydrogens is 445 g/mol. The van der Waals surface area contributed by atoms with Gasteiger partial charge in [0.05, 0.1) is 25.5 Å². The number of fused-ring (bicyclic) bond motifs is 1. The van der Waals surface area contributed by atoms with E-state index in [-0.39, 0.29) is 11.8 Å². The van der Waals surface area contributed by atoms with Gasteiger partial charge in [-0.25, -0.2) is 19.2 Å². The van der Waals surface area contributed by atoms with E-state index in [0.29, 0.717) is 45.0 Å². The number of halogens is 1. The molecule has 1 aromatic heterocycles. The molecule has 3 aromatic rings. The van der Waals surface area contributed by atoms with E-state index in [1.165, 1.54) is 12.1 Å². The summed E-state index contributed by atoms with van der Waals surface area (Å²) in [5, 5.41) is 3.06. The first-order chi connectivity index (χ1) is 17.0. The summed E-state index contributed by atoms with van der Waals surface area (Å²) < 4.78 is 19.3. The zero-order valence-corrected chi connectivity index (χ0v) is 20.2. The molecule has 0 radical (unpaired) electrons. The average Bonchev–Trinajstić information content (AvgIpc) is 2.85. The maximum absolute atomic E-state index is 13.7. The Labute approximate surface area is 204 Å². The number of aryl methyl sites for hydroxylation is 2. The molecule has 8 heteroatoms. The molecule has 0 saturated carbocycles. The number of nitrogens with zero attached hydrogens (tertiary/aromatic N) is 4. The Morgan fingerprint density at radius 2 is 1.91 bits per heavy atom. The predicted molar refractivity (Wildman–Crippen MR) is 133 cm³/mol. The summed E-state index contributed by atoms with van der Waals surface area (Å²) in [5.74, 6) is 1.26. The maximum atomic E-state index is 13.7. The number of nitrogens with one attached hydrogen (secondary N) is 1. The van der Waals surface area contributed by atoms with E-state index in [9.17, 15) is 9.18 Å². The smallest absolute Gasteiger partial charge is 0.322 e. The normalized spacial score (nSPS) is 15.6. The Bertz CT molecular complexity index is 1240. The van der Waals surface area contributed by atoms with Crippen molar-refractivity contribution in [1.29, 1.82) is 0 Å². The highest BCUT2D eigenvalue weighted by molar-refractivity contribution is 5.90. The maximum Gasteiger partial charge on any atom is 0.322 e. The van der Waals surface area contributed by atoms with Gasteiger partial charge in [0.15, 0.2) is 0 Å². The third-order valence-electron chi connectivity index (χ3n) is 6.56. The summed E-state index contributed by atoms with van der Waals surface area (Å²) in [6.07, 6.45) is 1.10. The highest BCUT2D eigenvalue weighted by atomic mass is 19.1. The standard InChI is InChI=1S/C27H30FN5O2/c1-18-6-7-23(19(2)14-18)30-27(34)33-9-8-24-22(17-33)26(32-10-12-35-13-11-32)31-25(29-24)16-20-4-3-5-21(28)15-20/h3-7,14-15H,8-13,16-17H2,1-2H3,(H,30,34). The van der Waals surface area contributed by atoms with Crippen LogP contribution in [0.25, 0.3) is 0 Å². The zero-order chi connectivity index (χ0) is 24.4. The van der Waals surface area contributed by atoms with Crippen molar-refractivity contribution in [3.63, 3.8) is 0 Å².